The van der Waals surface area contributed by atoms with E-state index in [0.29, 0.717) is 6.54 Å². The Hall–Kier alpha value is 0.230. The lowest BCUT2D eigenvalue weighted by atomic mass is 10.5. The van der Waals surface area contributed by atoms with Crippen LogP contribution in [0.15, 0.2) is 4.60 Å². The van der Waals surface area contributed by atoms with Gasteiger partial charge in [0.25, 0.3) is 0 Å². The normalized spacial score (nSPS) is 8.67. The molecule has 0 unspecified atom stereocenters. The van der Waals surface area contributed by atoms with Crippen LogP contribution in [0.1, 0.15) is 11.5 Å². The van der Waals surface area contributed by atoms with Crippen LogP contribution in [-0.2, 0) is 13.6 Å². The van der Waals surface area contributed by atoms with Crippen molar-refractivity contribution in [3.8, 4) is 0 Å². The fourth-order valence-corrected chi connectivity index (χ4v) is 1.52. The third-order valence-corrected chi connectivity index (χ3v) is 2.22. The van der Waals surface area contributed by atoms with Crippen molar-refractivity contribution < 1.29 is 0 Å². The Balaban J connectivity index is 0. The lowest BCUT2D eigenvalue weighted by Crippen LogP contribution is -2.04. The summed E-state index contributed by atoms with van der Waals surface area (Å²) in [6.07, 6.45) is 0. The number of nitrogens with two attached hydrogens (primary N) is 1. The molecule has 0 radical (unpaired) electrons. The number of aryl methyl sites for hydroxylation is 1. The van der Waals surface area contributed by atoms with Gasteiger partial charge in [0.1, 0.15) is 10.4 Å². The summed E-state index contributed by atoms with van der Waals surface area (Å²) in [5.74, 6) is 0.979. The molecule has 0 aliphatic rings. The molecule has 1 aromatic rings. The highest BCUT2D eigenvalue weighted by Crippen LogP contribution is 2.14. The van der Waals surface area contributed by atoms with Crippen LogP contribution >= 0.6 is 40.7 Å². The summed E-state index contributed by atoms with van der Waals surface area (Å²) in [7, 11) is 1.95. The van der Waals surface area contributed by atoms with Gasteiger partial charge in [0, 0.05) is 13.6 Å². The Morgan fingerprint density at radius 2 is 2.00 bits per heavy atom. The number of imidazole rings is 1. The molecule has 6 heteroatoms. The molecule has 0 aliphatic carbocycles. The Morgan fingerprint density at radius 1 is 1.50 bits per heavy atom. The van der Waals surface area contributed by atoms with Crippen molar-refractivity contribution in [2.24, 2.45) is 12.8 Å². The van der Waals surface area contributed by atoms with Crippen molar-refractivity contribution in [1.82, 2.24) is 9.55 Å². The summed E-state index contributed by atoms with van der Waals surface area (Å²) in [4.78, 5) is 4.18. The van der Waals surface area contributed by atoms with E-state index in [1.807, 2.05) is 18.5 Å². The monoisotopic (exact) mass is 275 g/mol. The number of aromatic nitrogens is 2. The fraction of sp³-hybridized carbons (Fsp3) is 0.500. The van der Waals surface area contributed by atoms with Gasteiger partial charge in [-0.25, -0.2) is 4.98 Å². The molecule has 3 nitrogen and oxygen atoms in total. The summed E-state index contributed by atoms with van der Waals surface area (Å²) in [6, 6.07) is 0. The van der Waals surface area contributed by atoms with Crippen LogP contribution in [0.2, 0.25) is 0 Å². The summed E-state index contributed by atoms with van der Waals surface area (Å²) < 4.78 is 2.83. The van der Waals surface area contributed by atoms with E-state index in [-0.39, 0.29) is 24.8 Å². The first kappa shape index (κ1) is 14.7. The lowest BCUT2D eigenvalue weighted by molar-refractivity contribution is 0.787. The van der Waals surface area contributed by atoms with Crippen LogP contribution in [-0.4, -0.2) is 9.55 Å². The van der Waals surface area contributed by atoms with Gasteiger partial charge in [0.15, 0.2) is 0 Å². The lowest BCUT2D eigenvalue weighted by Gasteiger charge is -1.98. The largest absolute Gasteiger partial charge is 0.333 e. The van der Waals surface area contributed by atoms with E-state index in [1.165, 1.54) is 0 Å². The minimum absolute atomic E-state index is 0. The molecule has 0 atom stereocenters. The second-order valence-electron chi connectivity index (χ2n) is 2.16. The number of halogens is 3. The zero-order chi connectivity index (χ0) is 7.72. The standard InChI is InChI=1S/C6H10BrN3.2ClH/c1-4-9-6(7)5(3-8)10(4)2;;/h3,8H2,1-2H3;2*1H. The predicted molar refractivity (Wildman–Crippen MR) is 58.0 cm³/mol. The summed E-state index contributed by atoms with van der Waals surface area (Å²) in [5, 5.41) is 0. The number of rotatable bonds is 1. The molecule has 0 spiro atoms. The Bertz CT molecular complexity index is 249. The van der Waals surface area contributed by atoms with Gasteiger partial charge >= 0.3 is 0 Å². The third kappa shape index (κ3) is 2.62. The highest BCUT2D eigenvalue weighted by Gasteiger charge is 2.06. The highest BCUT2D eigenvalue weighted by atomic mass is 79.9. The first-order valence-corrected chi connectivity index (χ1v) is 3.84. The second kappa shape index (κ2) is 5.80. The van der Waals surface area contributed by atoms with Gasteiger partial charge in [-0.1, -0.05) is 0 Å². The molecule has 72 valence electrons. The molecular weight excluding hydrogens is 265 g/mol. The number of hydrogen-bond acceptors (Lipinski definition) is 2. The summed E-state index contributed by atoms with van der Waals surface area (Å²) in [5.41, 5.74) is 6.51. The average molecular weight is 277 g/mol. The van der Waals surface area contributed by atoms with Gasteiger partial charge < -0.3 is 10.3 Å². The third-order valence-electron chi connectivity index (χ3n) is 1.58. The average Bonchev–Trinajstić information content (AvgIpc) is 2.09. The van der Waals surface area contributed by atoms with Crippen LogP contribution in [0, 0.1) is 6.92 Å². The zero-order valence-electron chi connectivity index (χ0n) is 6.87. The molecule has 1 rings (SSSR count). The van der Waals surface area contributed by atoms with Crippen molar-refractivity contribution >= 4 is 40.7 Å². The molecule has 0 fully saturated rings. The maximum absolute atomic E-state index is 5.47. The van der Waals surface area contributed by atoms with Gasteiger partial charge in [0.2, 0.25) is 0 Å². The fourth-order valence-electron chi connectivity index (χ4n) is 0.836. The number of nitrogens with zero attached hydrogens (tertiary/aromatic N) is 2. The SMILES string of the molecule is Cc1nc(Br)c(CN)n1C.Cl.Cl. The molecule has 12 heavy (non-hydrogen) atoms. The van der Waals surface area contributed by atoms with Crippen molar-refractivity contribution in [2.45, 2.75) is 13.5 Å². The summed E-state index contributed by atoms with van der Waals surface area (Å²) in [6.45, 7) is 2.47. The van der Waals surface area contributed by atoms with Crippen LogP contribution in [0.25, 0.3) is 0 Å². The van der Waals surface area contributed by atoms with Gasteiger partial charge in [-0.3, -0.25) is 0 Å². The summed E-state index contributed by atoms with van der Waals surface area (Å²) >= 11 is 3.32. The number of hydrogen-bond donors (Lipinski definition) is 1. The van der Waals surface area contributed by atoms with E-state index in [9.17, 15) is 0 Å². The van der Waals surface area contributed by atoms with Crippen molar-refractivity contribution in [1.29, 1.82) is 0 Å². The molecule has 0 aromatic carbocycles. The Labute approximate surface area is 92.7 Å². The van der Waals surface area contributed by atoms with Crippen molar-refractivity contribution in [3.05, 3.63) is 16.1 Å². The van der Waals surface area contributed by atoms with Gasteiger partial charge in [-0.15, -0.1) is 24.8 Å². The molecule has 0 bridgehead atoms. The van der Waals surface area contributed by atoms with E-state index in [4.69, 9.17) is 5.73 Å². The van der Waals surface area contributed by atoms with E-state index < -0.39 is 0 Å². The van der Waals surface area contributed by atoms with Crippen molar-refractivity contribution in [2.75, 3.05) is 0 Å². The van der Waals surface area contributed by atoms with Crippen LogP contribution in [0.3, 0.4) is 0 Å². The second-order valence-corrected chi connectivity index (χ2v) is 2.91. The highest BCUT2D eigenvalue weighted by molar-refractivity contribution is 9.10. The van der Waals surface area contributed by atoms with Gasteiger partial charge in [-0.2, -0.15) is 0 Å². The molecular formula is C6H12BrCl2N3. The van der Waals surface area contributed by atoms with Gasteiger partial charge in [0.05, 0.1) is 5.69 Å². The maximum atomic E-state index is 5.47. The molecule has 0 saturated heterocycles. The molecule has 1 heterocycles. The quantitative estimate of drug-likeness (QED) is 0.850. The smallest absolute Gasteiger partial charge is 0.128 e. The van der Waals surface area contributed by atoms with Crippen LogP contribution in [0.5, 0.6) is 0 Å². The maximum Gasteiger partial charge on any atom is 0.128 e. The zero-order valence-corrected chi connectivity index (χ0v) is 10.1. The first-order valence-electron chi connectivity index (χ1n) is 3.04. The minimum atomic E-state index is 0. The topological polar surface area (TPSA) is 43.8 Å². The Kier molecular flexibility index (Phi) is 7.13. The van der Waals surface area contributed by atoms with Gasteiger partial charge in [-0.05, 0) is 22.9 Å². The van der Waals surface area contributed by atoms with E-state index in [1.54, 1.807) is 0 Å². The van der Waals surface area contributed by atoms with Crippen LogP contribution in [0.4, 0.5) is 0 Å². The Morgan fingerprint density at radius 3 is 2.17 bits per heavy atom. The van der Waals surface area contributed by atoms with E-state index in [2.05, 4.69) is 20.9 Å². The van der Waals surface area contributed by atoms with E-state index >= 15 is 0 Å². The van der Waals surface area contributed by atoms with Crippen LogP contribution < -0.4 is 5.73 Å². The van der Waals surface area contributed by atoms with Crippen molar-refractivity contribution in [3.63, 3.8) is 0 Å². The predicted octanol–water partition coefficient (Wildman–Crippen LogP) is 1.79. The molecule has 1 aromatic heterocycles. The first-order chi connectivity index (χ1) is 4.66. The van der Waals surface area contributed by atoms with E-state index in [0.717, 1.165) is 16.1 Å². The molecule has 0 saturated carbocycles. The molecule has 0 amide bonds. The molecule has 2 N–H and O–H groups in total. The molecule has 0 aliphatic heterocycles. The minimum Gasteiger partial charge on any atom is -0.333 e.